The van der Waals surface area contributed by atoms with Gasteiger partial charge < -0.3 is 0 Å². The number of nitrogens with one attached hydrogen (secondary N) is 1. The van der Waals surface area contributed by atoms with Crippen LogP contribution in [0.4, 0.5) is 0 Å². The highest BCUT2D eigenvalue weighted by molar-refractivity contribution is 7.92. The maximum Gasteiger partial charge on any atom is 0.218 e. The second-order valence-electron chi connectivity index (χ2n) is 2.86. The monoisotopic (exact) mass is 147 g/mol. The van der Waals surface area contributed by atoms with Gasteiger partial charge in [0.15, 0.2) is 0 Å². The Hall–Kier alpha value is -0.0900. The molecular weight excluding hydrogens is 138 g/mol. The molecule has 0 aromatic carbocycles. The fourth-order valence-corrected chi connectivity index (χ4v) is 3.03. The van der Waals surface area contributed by atoms with E-state index in [0.717, 1.165) is 19.3 Å². The van der Waals surface area contributed by atoms with E-state index in [1.807, 2.05) is 0 Å². The summed E-state index contributed by atoms with van der Waals surface area (Å²) < 4.78 is 24.0. The minimum atomic E-state index is -2.84. The summed E-state index contributed by atoms with van der Waals surface area (Å²) in [6, 6.07) is 0. The van der Waals surface area contributed by atoms with Crippen molar-refractivity contribution >= 4 is 10.0 Å². The van der Waals surface area contributed by atoms with Gasteiger partial charge in [-0.3, -0.25) is 0 Å². The number of hydrogen-bond acceptors (Lipinski definition) is 2. The molecule has 0 aromatic heterocycles. The van der Waals surface area contributed by atoms with Crippen LogP contribution < -0.4 is 4.72 Å². The predicted molar refractivity (Wildman–Crippen MR) is 33.5 cm³/mol. The van der Waals surface area contributed by atoms with Crippen LogP contribution in [0.3, 0.4) is 0 Å². The number of hydrogen-bond donors (Lipinski definition) is 1. The lowest BCUT2D eigenvalue weighted by molar-refractivity contribution is 0.297. The zero-order valence-electron chi connectivity index (χ0n) is 5.05. The first-order valence-electron chi connectivity index (χ1n) is 3.16. The average Bonchev–Trinajstić information content (AvgIpc) is 1.59. The zero-order chi connectivity index (χ0) is 6.54. The van der Waals surface area contributed by atoms with Crippen LogP contribution in [0.2, 0.25) is 0 Å². The SMILES string of the molecule is O=S1(=O)NCC12CCC2. The first-order chi connectivity index (χ1) is 4.16. The van der Waals surface area contributed by atoms with Crippen molar-refractivity contribution in [2.24, 2.45) is 0 Å². The Kier molecular flexibility index (Phi) is 0.833. The lowest BCUT2D eigenvalue weighted by Gasteiger charge is -2.47. The van der Waals surface area contributed by atoms with Crippen molar-refractivity contribution in [2.45, 2.75) is 24.0 Å². The molecule has 0 atom stereocenters. The molecule has 1 heterocycles. The second-order valence-corrected chi connectivity index (χ2v) is 5.02. The van der Waals surface area contributed by atoms with Crippen molar-refractivity contribution in [3.63, 3.8) is 0 Å². The van der Waals surface area contributed by atoms with Crippen LogP contribution in [0, 0.1) is 0 Å². The smallest absolute Gasteiger partial charge is 0.213 e. The highest BCUT2D eigenvalue weighted by Crippen LogP contribution is 2.43. The zero-order valence-corrected chi connectivity index (χ0v) is 5.87. The topological polar surface area (TPSA) is 46.2 Å². The standard InChI is InChI=1S/C5H9NO2S/c7-9(8)5(4-6-9)2-1-3-5/h6H,1-4H2. The first-order valence-corrected chi connectivity index (χ1v) is 4.64. The third kappa shape index (κ3) is 0.483. The molecule has 0 amide bonds. The van der Waals surface area contributed by atoms with Gasteiger partial charge in [0.2, 0.25) is 10.0 Å². The molecule has 2 rings (SSSR count). The van der Waals surface area contributed by atoms with Crippen molar-refractivity contribution in [1.29, 1.82) is 0 Å². The Balaban J connectivity index is 2.33. The molecule has 52 valence electrons. The Morgan fingerprint density at radius 3 is 2.00 bits per heavy atom. The summed E-state index contributed by atoms with van der Waals surface area (Å²) in [5.41, 5.74) is 0. The molecule has 0 unspecified atom stereocenters. The van der Waals surface area contributed by atoms with Crippen LogP contribution in [0.15, 0.2) is 0 Å². The van der Waals surface area contributed by atoms with Crippen molar-refractivity contribution < 1.29 is 8.42 Å². The first kappa shape index (κ1) is 5.68. The van der Waals surface area contributed by atoms with E-state index in [-0.39, 0.29) is 4.75 Å². The molecule has 2 aliphatic rings. The molecule has 0 aromatic rings. The molecule has 0 radical (unpaired) electrons. The van der Waals surface area contributed by atoms with E-state index in [9.17, 15) is 8.42 Å². The molecule has 3 nitrogen and oxygen atoms in total. The maximum atomic E-state index is 10.9. The summed E-state index contributed by atoms with van der Waals surface area (Å²) in [6.45, 7) is 0.690. The fourth-order valence-electron chi connectivity index (χ4n) is 1.41. The highest BCUT2D eigenvalue weighted by atomic mass is 32.2. The maximum absolute atomic E-state index is 10.9. The summed E-state index contributed by atoms with van der Waals surface area (Å²) in [6.07, 6.45) is 2.84. The van der Waals surface area contributed by atoms with Crippen LogP contribution in [0.25, 0.3) is 0 Å². The van der Waals surface area contributed by atoms with E-state index in [0.29, 0.717) is 6.54 Å². The molecule has 1 aliphatic carbocycles. The van der Waals surface area contributed by atoms with Crippen LogP contribution in [-0.2, 0) is 10.0 Å². The Labute approximate surface area is 54.5 Å². The quantitative estimate of drug-likeness (QED) is 0.517. The minimum Gasteiger partial charge on any atom is -0.213 e. The van der Waals surface area contributed by atoms with E-state index < -0.39 is 10.0 Å². The average molecular weight is 147 g/mol. The highest BCUT2D eigenvalue weighted by Gasteiger charge is 2.55. The van der Waals surface area contributed by atoms with Gasteiger partial charge >= 0.3 is 0 Å². The summed E-state index contributed by atoms with van der Waals surface area (Å²) in [5, 5.41) is 0. The number of rotatable bonds is 0. The molecule has 1 saturated heterocycles. The van der Waals surface area contributed by atoms with Crippen LogP contribution in [0.5, 0.6) is 0 Å². The minimum absolute atomic E-state index is 0.299. The molecule has 4 heteroatoms. The summed E-state index contributed by atoms with van der Waals surface area (Å²) in [5.74, 6) is 0. The van der Waals surface area contributed by atoms with E-state index in [4.69, 9.17) is 0 Å². The van der Waals surface area contributed by atoms with Crippen LogP contribution in [0.1, 0.15) is 19.3 Å². The fraction of sp³-hybridized carbons (Fsp3) is 1.00. The van der Waals surface area contributed by atoms with Crippen molar-refractivity contribution in [3.05, 3.63) is 0 Å². The normalized spacial score (nSPS) is 35.1. The molecule has 0 bridgehead atoms. The van der Waals surface area contributed by atoms with Gasteiger partial charge in [-0.1, -0.05) is 6.42 Å². The predicted octanol–water partition coefficient (Wildman–Crippen LogP) is -0.158. The van der Waals surface area contributed by atoms with E-state index in [1.165, 1.54) is 0 Å². The van der Waals surface area contributed by atoms with Crippen molar-refractivity contribution in [2.75, 3.05) is 6.54 Å². The van der Waals surface area contributed by atoms with E-state index in [1.54, 1.807) is 0 Å². The lowest BCUT2D eigenvalue weighted by Crippen LogP contribution is -2.67. The Bertz CT molecular complexity index is 222. The van der Waals surface area contributed by atoms with Gasteiger partial charge in [-0.15, -0.1) is 0 Å². The number of sulfonamides is 1. The van der Waals surface area contributed by atoms with Crippen LogP contribution in [-0.4, -0.2) is 19.7 Å². The van der Waals surface area contributed by atoms with Gasteiger partial charge in [0.1, 0.15) is 0 Å². The third-order valence-corrected chi connectivity index (χ3v) is 4.64. The van der Waals surface area contributed by atoms with Crippen LogP contribution >= 0.6 is 0 Å². The molecule has 1 N–H and O–H groups in total. The van der Waals surface area contributed by atoms with Gasteiger partial charge in [0, 0.05) is 6.54 Å². The summed E-state index contributed by atoms with van der Waals surface area (Å²) in [7, 11) is -2.84. The van der Waals surface area contributed by atoms with Gasteiger partial charge in [0.25, 0.3) is 0 Å². The molecule has 9 heavy (non-hydrogen) atoms. The van der Waals surface area contributed by atoms with E-state index >= 15 is 0 Å². The van der Waals surface area contributed by atoms with Crippen molar-refractivity contribution in [3.8, 4) is 0 Å². The van der Waals surface area contributed by atoms with Crippen molar-refractivity contribution in [1.82, 2.24) is 4.72 Å². The molecule has 2 fully saturated rings. The Morgan fingerprint density at radius 1 is 1.33 bits per heavy atom. The van der Waals surface area contributed by atoms with Gasteiger partial charge in [-0.25, -0.2) is 13.1 Å². The second kappa shape index (κ2) is 1.32. The van der Waals surface area contributed by atoms with Gasteiger partial charge in [-0.05, 0) is 12.8 Å². The Morgan fingerprint density at radius 2 is 2.00 bits per heavy atom. The lowest BCUT2D eigenvalue weighted by atomic mass is 9.84. The summed E-state index contributed by atoms with van der Waals surface area (Å²) >= 11 is 0. The third-order valence-electron chi connectivity index (χ3n) is 2.42. The van der Waals surface area contributed by atoms with Gasteiger partial charge in [-0.2, -0.15) is 0 Å². The van der Waals surface area contributed by atoms with E-state index in [2.05, 4.69) is 4.72 Å². The molecular formula is C5H9NO2S. The molecule has 1 saturated carbocycles. The largest absolute Gasteiger partial charge is 0.218 e. The molecule has 1 aliphatic heterocycles. The summed E-state index contributed by atoms with van der Waals surface area (Å²) in [4.78, 5) is 0. The molecule has 1 spiro atoms. The van der Waals surface area contributed by atoms with Gasteiger partial charge in [0.05, 0.1) is 4.75 Å².